The lowest BCUT2D eigenvalue weighted by Gasteiger charge is -2.16. The molecule has 2 aromatic carbocycles. The zero-order valence-corrected chi connectivity index (χ0v) is 19.2. The van der Waals surface area contributed by atoms with Gasteiger partial charge in [0, 0.05) is 41.3 Å². The third kappa shape index (κ3) is 5.95. The smallest absolute Gasteiger partial charge is 0.242 e. The maximum absolute atomic E-state index is 13.0. The number of amides is 1. The summed E-state index contributed by atoms with van der Waals surface area (Å²) in [6.07, 6.45) is 3.77. The van der Waals surface area contributed by atoms with Gasteiger partial charge in [-0.15, -0.1) is 0 Å². The number of nitrogens with one attached hydrogen (secondary N) is 2. The molecule has 0 aliphatic heterocycles. The lowest BCUT2D eigenvalue weighted by molar-refractivity contribution is -0.115. The van der Waals surface area contributed by atoms with E-state index in [1.54, 1.807) is 49.3 Å². The van der Waals surface area contributed by atoms with Crippen LogP contribution >= 0.6 is 11.6 Å². The minimum atomic E-state index is -3.82. The summed E-state index contributed by atoms with van der Waals surface area (Å²) in [6, 6.07) is 13.8. The predicted octanol–water partition coefficient (Wildman–Crippen LogP) is 3.32. The van der Waals surface area contributed by atoms with Gasteiger partial charge in [0.2, 0.25) is 15.9 Å². The summed E-state index contributed by atoms with van der Waals surface area (Å²) in [5, 5.41) is 3.28. The molecule has 0 spiro atoms. The first-order chi connectivity index (χ1) is 14.7. The lowest BCUT2D eigenvalue weighted by atomic mass is 10.1. The van der Waals surface area contributed by atoms with Gasteiger partial charge in [0.1, 0.15) is 0 Å². The van der Waals surface area contributed by atoms with Gasteiger partial charge in [0.25, 0.3) is 0 Å². The van der Waals surface area contributed by atoms with Gasteiger partial charge in [0.15, 0.2) is 0 Å². The highest BCUT2D eigenvalue weighted by molar-refractivity contribution is 7.89. The summed E-state index contributed by atoms with van der Waals surface area (Å²) < 4.78 is 30.5. The molecule has 164 valence electrons. The fraction of sp³-hybridized carbons (Fsp3) is 0.227. The number of aryl methyl sites for hydroxylation is 1. The van der Waals surface area contributed by atoms with Gasteiger partial charge in [-0.25, -0.2) is 8.42 Å². The minimum Gasteiger partial charge on any atom is -0.357 e. The van der Waals surface area contributed by atoms with E-state index in [0.717, 1.165) is 5.56 Å². The summed E-state index contributed by atoms with van der Waals surface area (Å²) in [4.78, 5) is 14.3. The van der Waals surface area contributed by atoms with Crippen molar-refractivity contribution >= 4 is 33.2 Å². The highest BCUT2D eigenvalue weighted by Gasteiger charge is 2.21. The summed E-state index contributed by atoms with van der Waals surface area (Å²) in [5.74, 6) is -0.287. The first kappa shape index (κ1) is 23.0. The Bertz CT molecular complexity index is 1190. The van der Waals surface area contributed by atoms with Crippen LogP contribution in [-0.2, 0) is 28.3 Å². The molecular weight excluding hydrogens is 436 g/mol. The van der Waals surface area contributed by atoms with Crippen LogP contribution in [0, 0.1) is 0 Å². The van der Waals surface area contributed by atoms with E-state index in [1.165, 1.54) is 6.07 Å². The minimum absolute atomic E-state index is 0.0844. The average Bonchev–Trinajstić information content (AvgIpc) is 3.14. The molecule has 9 heteroatoms. The Balaban J connectivity index is 1.92. The zero-order valence-electron chi connectivity index (χ0n) is 17.6. The largest absolute Gasteiger partial charge is 0.357 e. The summed E-state index contributed by atoms with van der Waals surface area (Å²) in [7, 11) is 1.58. The fourth-order valence-corrected chi connectivity index (χ4v) is 4.58. The highest BCUT2D eigenvalue weighted by Crippen LogP contribution is 2.30. The van der Waals surface area contributed by atoms with Crippen molar-refractivity contribution in [2.24, 2.45) is 7.05 Å². The van der Waals surface area contributed by atoms with Gasteiger partial charge in [-0.2, -0.15) is 4.72 Å². The first-order valence-electron chi connectivity index (χ1n) is 9.60. The number of benzene rings is 2. The zero-order chi connectivity index (χ0) is 22.6. The van der Waals surface area contributed by atoms with Crippen LogP contribution < -0.4 is 10.0 Å². The first-order valence-corrected chi connectivity index (χ1v) is 11.5. The monoisotopic (exact) mass is 460 g/mol. The van der Waals surface area contributed by atoms with E-state index in [2.05, 4.69) is 10.0 Å². The number of sulfonamides is 1. The number of hydrogen-bond donors (Lipinski definition) is 2. The molecule has 1 aromatic heterocycles. The number of hydrogen-bond acceptors (Lipinski definition) is 4. The third-order valence-electron chi connectivity index (χ3n) is 4.58. The van der Waals surface area contributed by atoms with Gasteiger partial charge in [0.05, 0.1) is 18.0 Å². The van der Waals surface area contributed by atoms with Crippen molar-refractivity contribution in [1.29, 1.82) is 0 Å². The quantitative estimate of drug-likeness (QED) is 0.505. The van der Waals surface area contributed by atoms with E-state index in [-0.39, 0.29) is 23.9 Å². The number of nitrogens with zero attached hydrogens (tertiary/aromatic N) is 2. The molecule has 0 aliphatic carbocycles. The molecule has 3 aromatic rings. The van der Waals surface area contributed by atoms with Gasteiger partial charge >= 0.3 is 0 Å². The number of rotatable bonds is 8. The molecule has 0 atom stereocenters. The standard InChI is InChI=1S/C22H25ClN4O3S/c1-26(2)15-24-31(29,30)21-13-18(8-9-19(21)17-10-11-27(3)14-17)25-22(28)12-16-6-4-5-7-20(16)23/h4-11,13-14,24H,12,15H2,1-3H3,(H,25,28). The Kier molecular flexibility index (Phi) is 7.17. The molecule has 7 nitrogen and oxygen atoms in total. The van der Waals surface area contributed by atoms with Crippen LogP contribution in [0.5, 0.6) is 0 Å². The van der Waals surface area contributed by atoms with Gasteiger partial charge in [-0.05, 0) is 43.9 Å². The van der Waals surface area contributed by atoms with Crippen LogP contribution in [0.15, 0.2) is 65.8 Å². The van der Waals surface area contributed by atoms with Crippen molar-refractivity contribution < 1.29 is 13.2 Å². The maximum Gasteiger partial charge on any atom is 0.242 e. The molecule has 0 aliphatic rings. The van der Waals surface area contributed by atoms with E-state index < -0.39 is 10.0 Å². The van der Waals surface area contributed by atoms with Gasteiger partial charge < -0.3 is 9.88 Å². The Morgan fingerprint density at radius 1 is 1.13 bits per heavy atom. The van der Waals surface area contributed by atoms with Gasteiger partial charge in [-0.3, -0.25) is 9.69 Å². The maximum atomic E-state index is 13.0. The van der Waals surface area contributed by atoms with Crippen molar-refractivity contribution in [3.63, 3.8) is 0 Å². The van der Waals surface area contributed by atoms with Crippen molar-refractivity contribution in [2.75, 3.05) is 26.1 Å². The number of halogens is 1. The van der Waals surface area contributed by atoms with Crippen molar-refractivity contribution in [3.8, 4) is 11.1 Å². The highest BCUT2D eigenvalue weighted by atomic mass is 35.5. The molecular formula is C22H25ClN4O3S. The SMILES string of the molecule is CN(C)CNS(=O)(=O)c1cc(NC(=O)Cc2ccccc2Cl)ccc1-c1ccn(C)c1. The summed E-state index contributed by atoms with van der Waals surface area (Å²) in [6.45, 7) is 0.152. The Morgan fingerprint density at radius 3 is 2.52 bits per heavy atom. The molecule has 2 N–H and O–H groups in total. The van der Waals surface area contributed by atoms with E-state index in [4.69, 9.17) is 11.6 Å². The molecule has 1 heterocycles. The lowest BCUT2D eigenvalue weighted by Crippen LogP contribution is -2.33. The molecule has 31 heavy (non-hydrogen) atoms. The second kappa shape index (κ2) is 9.65. The second-order valence-electron chi connectivity index (χ2n) is 7.48. The van der Waals surface area contributed by atoms with E-state index >= 15 is 0 Å². The van der Waals surface area contributed by atoms with E-state index in [9.17, 15) is 13.2 Å². The van der Waals surface area contributed by atoms with Crippen LogP contribution in [-0.4, -0.2) is 44.6 Å². The normalized spacial score (nSPS) is 11.6. The molecule has 1 amide bonds. The van der Waals surface area contributed by atoms with Crippen molar-refractivity contribution in [1.82, 2.24) is 14.2 Å². The van der Waals surface area contributed by atoms with Crippen molar-refractivity contribution in [3.05, 3.63) is 71.5 Å². The molecule has 0 radical (unpaired) electrons. The number of carbonyl (C=O) groups excluding carboxylic acids is 1. The third-order valence-corrected chi connectivity index (χ3v) is 6.37. The second-order valence-corrected chi connectivity index (χ2v) is 9.62. The molecule has 0 bridgehead atoms. The van der Waals surface area contributed by atoms with Gasteiger partial charge in [-0.1, -0.05) is 35.9 Å². The Labute approximate surface area is 187 Å². The van der Waals surface area contributed by atoms with Crippen LogP contribution in [0.2, 0.25) is 5.02 Å². The molecule has 3 rings (SSSR count). The van der Waals surface area contributed by atoms with Crippen LogP contribution in [0.25, 0.3) is 11.1 Å². The number of anilines is 1. The molecule has 0 fully saturated rings. The van der Waals surface area contributed by atoms with Crippen LogP contribution in [0.4, 0.5) is 5.69 Å². The molecule has 0 unspecified atom stereocenters. The number of carbonyl (C=O) groups is 1. The van der Waals surface area contributed by atoms with E-state index in [1.807, 2.05) is 36.1 Å². The van der Waals surface area contributed by atoms with E-state index in [0.29, 0.717) is 21.8 Å². The summed E-state index contributed by atoms with van der Waals surface area (Å²) in [5.41, 5.74) is 2.41. The topological polar surface area (TPSA) is 83.4 Å². The molecule has 0 saturated carbocycles. The molecule has 0 saturated heterocycles. The number of aromatic nitrogens is 1. The van der Waals surface area contributed by atoms with Crippen molar-refractivity contribution in [2.45, 2.75) is 11.3 Å². The van der Waals surface area contributed by atoms with Crippen LogP contribution in [0.3, 0.4) is 0 Å². The fourth-order valence-electron chi connectivity index (χ4n) is 3.04. The Hall–Kier alpha value is -2.65. The van der Waals surface area contributed by atoms with Crippen LogP contribution in [0.1, 0.15) is 5.56 Å². The summed E-state index contributed by atoms with van der Waals surface area (Å²) >= 11 is 6.13. The predicted molar refractivity (Wildman–Crippen MR) is 124 cm³/mol. The Morgan fingerprint density at radius 2 is 1.87 bits per heavy atom. The average molecular weight is 461 g/mol.